The van der Waals surface area contributed by atoms with Crippen LogP contribution in [0.25, 0.3) is 0 Å². The van der Waals surface area contributed by atoms with E-state index in [1.54, 1.807) is 0 Å². The van der Waals surface area contributed by atoms with Gasteiger partial charge in [0.15, 0.2) is 23.3 Å². The molecule has 102 valence electrons. The van der Waals surface area contributed by atoms with Crippen molar-refractivity contribution in [3.63, 3.8) is 0 Å². The summed E-state index contributed by atoms with van der Waals surface area (Å²) in [4.78, 5) is 0. The number of benzene rings is 1. The second-order valence-corrected chi connectivity index (χ2v) is 4.70. The second-order valence-electron chi connectivity index (χ2n) is 4.70. The molecule has 19 heavy (non-hydrogen) atoms. The van der Waals surface area contributed by atoms with Crippen molar-refractivity contribution in [2.24, 2.45) is 5.92 Å². The van der Waals surface area contributed by atoms with Gasteiger partial charge >= 0.3 is 0 Å². The Morgan fingerprint density at radius 3 is 2.58 bits per heavy atom. The minimum atomic E-state index is -0.0133. The minimum Gasteiger partial charge on any atom is -0.486 e. The lowest BCUT2D eigenvalue weighted by molar-refractivity contribution is 0.171. The minimum absolute atomic E-state index is 0.0133. The summed E-state index contributed by atoms with van der Waals surface area (Å²) in [6.45, 7) is 4.83. The largest absolute Gasteiger partial charge is 0.486 e. The van der Waals surface area contributed by atoms with E-state index in [2.05, 4.69) is 0 Å². The topological polar surface area (TPSA) is 75.4 Å². The lowest BCUT2D eigenvalue weighted by Gasteiger charge is -2.19. The highest BCUT2D eigenvalue weighted by atomic mass is 16.6. The zero-order valence-electron chi connectivity index (χ0n) is 11.2. The standard InChI is InChI=1S/C14H18N2O3/c1-9(2)14(16)19-13(15)8-10-3-4-11-12(7-10)18-6-5-17-11/h3-4,7,9,15-16H,5-6,8H2,1-2H3. The molecule has 1 aromatic rings. The quantitative estimate of drug-likeness (QED) is 0.649. The Hall–Kier alpha value is -2.04. The third-order valence-corrected chi connectivity index (χ3v) is 2.73. The Labute approximate surface area is 112 Å². The Morgan fingerprint density at radius 2 is 1.89 bits per heavy atom. The monoisotopic (exact) mass is 262 g/mol. The van der Waals surface area contributed by atoms with Crippen LogP contribution in [-0.2, 0) is 11.2 Å². The van der Waals surface area contributed by atoms with Crippen molar-refractivity contribution in [1.29, 1.82) is 10.8 Å². The molecule has 0 aromatic heterocycles. The summed E-state index contributed by atoms with van der Waals surface area (Å²) in [5, 5.41) is 15.3. The van der Waals surface area contributed by atoms with Crippen molar-refractivity contribution < 1.29 is 14.2 Å². The summed E-state index contributed by atoms with van der Waals surface area (Å²) in [6.07, 6.45) is 0.339. The molecular formula is C14H18N2O3. The van der Waals surface area contributed by atoms with Crippen LogP contribution in [0.2, 0.25) is 0 Å². The van der Waals surface area contributed by atoms with Crippen molar-refractivity contribution in [2.45, 2.75) is 20.3 Å². The van der Waals surface area contributed by atoms with Crippen LogP contribution in [-0.4, -0.2) is 25.0 Å². The predicted octanol–water partition coefficient (Wildman–Crippen LogP) is 2.63. The van der Waals surface area contributed by atoms with Gasteiger partial charge in [0, 0.05) is 12.3 Å². The van der Waals surface area contributed by atoms with Crippen LogP contribution in [0.4, 0.5) is 0 Å². The fraction of sp³-hybridized carbons (Fsp3) is 0.429. The zero-order chi connectivity index (χ0) is 13.8. The van der Waals surface area contributed by atoms with Crippen LogP contribution in [0, 0.1) is 16.7 Å². The normalized spacial score (nSPS) is 13.2. The third kappa shape index (κ3) is 3.47. The molecule has 5 heteroatoms. The number of fused-ring (bicyclic) bond motifs is 1. The SMILES string of the molecule is CC(C)C(=N)OC(=N)Cc1ccc2c(c1)OCCO2. The fourth-order valence-electron chi connectivity index (χ4n) is 1.67. The summed E-state index contributed by atoms with van der Waals surface area (Å²) in [5.41, 5.74) is 0.908. The Morgan fingerprint density at radius 1 is 1.21 bits per heavy atom. The smallest absolute Gasteiger partial charge is 0.193 e. The van der Waals surface area contributed by atoms with Crippen molar-refractivity contribution >= 4 is 11.8 Å². The van der Waals surface area contributed by atoms with Crippen LogP contribution in [0.3, 0.4) is 0 Å². The van der Waals surface area contributed by atoms with Gasteiger partial charge in [-0.3, -0.25) is 10.8 Å². The first kappa shape index (κ1) is 13.4. The van der Waals surface area contributed by atoms with Gasteiger partial charge in [0.05, 0.1) is 0 Å². The summed E-state index contributed by atoms with van der Waals surface area (Å²) < 4.78 is 16.1. The lowest BCUT2D eigenvalue weighted by atomic mass is 10.1. The number of hydrogen-bond donors (Lipinski definition) is 2. The molecule has 5 nitrogen and oxygen atoms in total. The average Bonchev–Trinajstić information content (AvgIpc) is 2.38. The van der Waals surface area contributed by atoms with Crippen molar-refractivity contribution in [2.75, 3.05) is 13.2 Å². The number of ether oxygens (including phenoxy) is 3. The Kier molecular flexibility index (Phi) is 4.04. The van der Waals surface area contributed by atoms with E-state index in [4.69, 9.17) is 25.0 Å². The van der Waals surface area contributed by atoms with Crippen molar-refractivity contribution in [3.8, 4) is 11.5 Å². The molecule has 2 rings (SSSR count). The molecule has 0 spiro atoms. The van der Waals surface area contributed by atoms with Gasteiger partial charge in [-0.1, -0.05) is 19.9 Å². The molecule has 0 amide bonds. The highest BCUT2D eigenvalue weighted by Crippen LogP contribution is 2.30. The van der Waals surface area contributed by atoms with Gasteiger partial charge in [-0.15, -0.1) is 0 Å². The molecule has 1 aromatic carbocycles. The maximum absolute atomic E-state index is 7.75. The van der Waals surface area contributed by atoms with Gasteiger partial charge < -0.3 is 14.2 Å². The zero-order valence-corrected chi connectivity index (χ0v) is 11.2. The van der Waals surface area contributed by atoms with Gasteiger partial charge in [0.2, 0.25) is 0 Å². The Bertz CT molecular complexity index is 497. The van der Waals surface area contributed by atoms with Gasteiger partial charge in [0.1, 0.15) is 13.2 Å². The molecule has 1 heterocycles. The van der Waals surface area contributed by atoms with E-state index in [0.717, 1.165) is 11.3 Å². The molecule has 1 aliphatic rings. The van der Waals surface area contributed by atoms with E-state index in [9.17, 15) is 0 Å². The molecule has 0 saturated carbocycles. The van der Waals surface area contributed by atoms with Crippen LogP contribution in [0.5, 0.6) is 11.5 Å². The van der Waals surface area contributed by atoms with E-state index < -0.39 is 0 Å². The van der Waals surface area contributed by atoms with Gasteiger partial charge in [0.25, 0.3) is 0 Å². The van der Waals surface area contributed by atoms with Gasteiger partial charge in [-0.05, 0) is 17.7 Å². The number of rotatable bonds is 3. The third-order valence-electron chi connectivity index (χ3n) is 2.73. The average molecular weight is 262 g/mol. The van der Waals surface area contributed by atoms with E-state index >= 15 is 0 Å². The van der Waals surface area contributed by atoms with Crippen molar-refractivity contribution in [1.82, 2.24) is 0 Å². The van der Waals surface area contributed by atoms with E-state index in [-0.39, 0.29) is 17.7 Å². The van der Waals surface area contributed by atoms with Crippen LogP contribution in [0.15, 0.2) is 18.2 Å². The molecule has 0 unspecified atom stereocenters. The van der Waals surface area contributed by atoms with Crippen LogP contribution >= 0.6 is 0 Å². The first-order valence-corrected chi connectivity index (χ1v) is 6.28. The predicted molar refractivity (Wildman–Crippen MR) is 72.5 cm³/mol. The molecule has 0 radical (unpaired) electrons. The molecule has 0 aliphatic carbocycles. The first-order valence-electron chi connectivity index (χ1n) is 6.28. The number of hydrogen-bond acceptors (Lipinski definition) is 5. The molecule has 0 fully saturated rings. The van der Waals surface area contributed by atoms with Gasteiger partial charge in [-0.25, -0.2) is 0 Å². The van der Waals surface area contributed by atoms with E-state index in [1.165, 1.54) is 0 Å². The van der Waals surface area contributed by atoms with Gasteiger partial charge in [-0.2, -0.15) is 0 Å². The van der Waals surface area contributed by atoms with Crippen LogP contribution in [0.1, 0.15) is 19.4 Å². The molecule has 1 aliphatic heterocycles. The molecule has 0 bridgehead atoms. The second kappa shape index (κ2) is 5.73. The van der Waals surface area contributed by atoms with Crippen molar-refractivity contribution in [3.05, 3.63) is 23.8 Å². The fourth-order valence-corrected chi connectivity index (χ4v) is 1.67. The maximum Gasteiger partial charge on any atom is 0.193 e. The first-order chi connectivity index (χ1) is 9.06. The maximum atomic E-state index is 7.75. The Balaban J connectivity index is 1.99. The summed E-state index contributed by atoms with van der Waals surface area (Å²) >= 11 is 0. The summed E-state index contributed by atoms with van der Waals surface area (Å²) in [6, 6.07) is 5.57. The molecule has 2 N–H and O–H groups in total. The number of nitrogens with one attached hydrogen (secondary N) is 2. The molecule has 0 saturated heterocycles. The summed E-state index contributed by atoms with van der Waals surface area (Å²) in [7, 11) is 0. The van der Waals surface area contributed by atoms with E-state index in [0.29, 0.717) is 25.4 Å². The van der Waals surface area contributed by atoms with Crippen LogP contribution < -0.4 is 9.47 Å². The lowest BCUT2D eigenvalue weighted by Crippen LogP contribution is -2.18. The van der Waals surface area contributed by atoms with E-state index in [1.807, 2.05) is 32.0 Å². The highest BCUT2D eigenvalue weighted by Gasteiger charge is 2.13. The molecule has 0 atom stereocenters. The highest BCUT2D eigenvalue weighted by molar-refractivity contribution is 5.90. The summed E-state index contributed by atoms with van der Waals surface area (Å²) in [5.74, 6) is 1.60. The molecular weight excluding hydrogens is 244 g/mol.